The Balaban J connectivity index is 1.58. The highest BCUT2D eigenvalue weighted by atomic mass is 16.3. The number of aliphatic hydroxyl groups excluding tert-OH is 1. The van der Waals surface area contributed by atoms with Gasteiger partial charge in [0.05, 0.1) is 11.7 Å². The van der Waals surface area contributed by atoms with E-state index in [4.69, 9.17) is 0 Å². The van der Waals surface area contributed by atoms with Crippen molar-refractivity contribution in [1.29, 1.82) is 0 Å². The molecular formula is C25H22N2O3. The van der Waals surface area contributed by atoms with Crippen LogP contribution in [0.15, 0.2) is 91.1 Å². The zero-order chi connectivity index (χ0) is 20.9. The van der Waals surface area contributed by atoms with Gasteiger partial charge in [-0.2, -0.15) is 0 Å². The second-order valence-corrected chi connectivity index (χ2v) is 7.12. The normalized spacial score (nSPS) is 13.0. The van der Waals surface area contributed by atoms with Crippen LogP contribution in [0.4, 0.5) is 0 Å². The van der Waals surface area contributed by atoms with E-state index in [1.165, 1.54) is 0 Å². The van der Waals surface area contributed by atoms with Crippen molar-refractivity contribution >= 4 is 16.8 Å². The monoisotopic (exact) mass is 398 g/mol. The Kier molecular flexibility index (Phi) is 5.72. The fourth-order valence-corrected chi connectivity index (χ4v) is 3.61. The molecule has 5 nitrogen and oxygen atoms in total. The largest absolute Gasteiger partial charge is 0.505 e. The van der Waals surface area contributed by atoms with Crippen LogP contribution < -0.4 is 5.32 Å². The summed E-state index contributed by atoms with van der Waals surface area (Å²) in [5.74, 6) is -0.912. The number of hydrogen-bond donors (Lipinski definition) is 3. The van der Waals surface area contributed by atoms with Crippen LogP contribution >= 0.6 is 0 Å². The molecule has 0 aliphatic rings. The van der Waals surface area contributed by atoms with Crippen molar-refractivity contribution in [3.8, 4) is 5.75 Å². The maximum atomic E-state index is 12.8. The van der Waals surface area contributed by atoms with E-state index >= 15 is 0 Å². The van der Waals surface area contributed by atoms with Crippen LogP contribution in [0.5, 0.6) is 5.75 Å². The first-order valence-corrected chi connectivity index (χ1v) is 9.78. The first-order valence-electron chi connectivity index (χ1n) is 9.78. The zero-order valence-electron chi connectivity index (χ0n) is 16.3. The molecule has 0 saturated heterocycles. The van der Waals surface area contributed by atoms with Crippen LogP contribution in [-0.2, 0) is 0 Å². The number of nitrogens with zero attached hydrogens (tertiary/aromatic N) is 1. The molecule has 0 aliphatic carbocycles. The smallest absolute Gasteiger partial charge is 0.255 e. The maximum absolute atomic E-state index is 12.8. The lowest BCUT2D eigenvalue weighted by molar-refractivity contribution is 0.0927. The number of pyridine rings is 1. The number of nitrogens with one attached hydrogen (secondary N) is 1. The number of aliphatic hydroxyl groups is 1. The Morgan fingerprint density at radius 2 is 1.53 bits per heavy atom. The fourth-order valence-electron chi connectivity index (χ4n) is 3.61. The lowest BCUT2D eigenvalue weighted by Crippen LogP contribution is -2.31. The quantitative estimate of drug-likeness (QED) is 0.455. The van der Waals surface area contributed by atoms with Crippen molar-refractivity contribution in [2.75, 3.05) is 6.54 Å². The van der Waals surface area contributed by atoms with E-state index in [0.29, 0.717) is 5.52 Å². The van der Waals surface area contributed by atoms with Gasteiger partial charge < -0.3 is 15.5 Å². The standard InChI is InChI=1S/C25H22N2O3/c28-23(19-10-5-2-6-11-19)21(17-8-3-1-4-9-17)16-27-25(30)20-14-13-18-12-7-15-26-22(18)24(20)29/h1-15,21,23,28-29H,16H2,(H,27,30)/t21-,23+/m0/s1. The molecular weight excluding hydrogens is 376 g/mol. The number of carbonyl (C=O) groups is 1. The molecule has 0 spiro atoms. The highest BCUT2D eigenvalue weighted by molar-refractivity contribution is 6.02. The third-order valence-electron chi connectivity index (χ3n) is 5.23. The molecule has 1 heterocycles. The van der Waals surface area contributed by atoms with Crippen molar-refractivity contribution in [2.45, 2.75) is 12.0 Å². The molecule has 0 aliphatic heterocycles. The average Bonchev–Trinajstić information content (AvgIpc) is 2.80. The number of rotatable bonds is 6. The van der Waals surface area contributed by atoms with Gasteiger partial charge in [-0.1, -0.05) is 72.8 Å². The number of fused-ring (bicyclic) bond motifs is 1. The van der Waals surface area contributed by atoms with E-state index in [2.05, 4.69) is 10.3 Å². The first-order chi connectivity index (χ1) is 14.6. The summed E-state index contributed by atoms with van der Waals surface area (Å²) in [6, 6.07) is 25.9. The van der Waals surface area contributed by atoms with E-state index in [9.17, 15) is 15.0 Å². The van der Waals surface area contributed by atoms with Gasteiger partial charge in [0.25, 0.3) is 5.91 Å². The summed E-state index contributed by atoms with van der Waals surface area (Å²) in [4.78, 5) is 17.0. The summed E-state index contributed by atoms with van der Waals surface area (Å²) in [6.45, 7) is 0.207. The molecule has 5 heteroatoms. The van der Waals surface area contributed by atoms with Gasteiger partial charge in [0.2, 0.25) is 0 Å². The van der Waals surface area contributed by atoms with Gasteiger partial charge in [-0.3, -0.25) is 9.78 Å². The second kappa shape index (κ2) is 8.76. The van der Waals surface area contributed by atoms with Crippen LogP contribution in [0.2, 0.25) is 0 Å². The van der Waals surface area contributed by atoms with E-state index in [1.807, 2.05) is 66.7 Å². The van der Waals surface area contributed by atoms with Gasteiger partial charge in [-0.05, 0) is 23.3 Å². The Hall–Kier alpha value is -3.70. The molecule has 1 amide bonds. The molecule has 1 aromatic heterocycles. The molecule has 0 saturated carbocycles. The number of carbonyl (C=O) groups excluding carboxylic acids is 1. The van der Waals surface area contributed by atoms with Crippen molar-refractivity contribution in [3.05, 3.63) is 108 Å². The van der Waals surface area contributed by atoms with Crippen molar-refractivity contribution in [2.24, 2.45) is 0 Å². The third-order valence-corrected chi connectivity index (χ3v) is 5.23. The Labute approximate surface area is 174 Å². The van der Waals surface area contributed by atoms with Gasteiger partial charge in [-0.15, -0.1) is 0 Å². The minimum Gasteiger partial charge on any atom is -0.505 e. The van der Waals surface area contributed by atoms with Gasteiger partial charge >= 0.3 is 0 Å². The highest BCUT2D eigenvalue weighted by Gasteiger charge is 2.24. The topological polar surface area (TPSA) is 82.5 Å². The summed E-state index contributed by atoms with van der Waals surface area (Å²) in [5.41, 5.74) is 2.23. The number of hydrogen-bond acceptors (Lipinski definition) is 4. The van der Waals surface area contributed by atoms with E-state index in [-0.39, 0.29) is 23.8 Å². The number of aromatic hydroxyl groups is 1. The molecule has 30 heavy (non-hydrogen) atoms. The van der Waals surface area contributed by atoms with E-state index < -0.39 is 12.0 Å². The molecule has 2 atom stereocenters. The molecule has 3 aromatic carbocycles. The third kappa shape index (κ3) is 4.02. The molecule has 3 N–H and O–H groups in total. The summed E-state index contributed by atoms with van der Waals surface area (Å²) < 4.78 is 0. The van der Waals surface area contributed by atoms with Crippen LogP contribution in [0.3, 0.4) is 0 Å². The maximum Gasteiger partial charge on any atom is 0.255 e. The lowest BCUT2D eigenvalue weighted by Gasteiger charge is -2.24. The molecule has 0 bridgehead atoms. The second-order valence-electron chi connectivity index (χ2n) is 7.12. The van der Waals surface area contributed by atoms with Gasteiger partial charge in [0, 0.05) is 24.0 Å². The Morgan fingerprint density at radius 3 is 2.23 bits per heavy atom. The Bertz CT molecular complexity index is 1150. The van der Waals surface area contributed by atoms with E-state index in [1.54, 1.807) is 24.4 Å². The predicted octanol–water partition coefficient (Wildman–Crippen LogP) is 4.19. The average molecular weight is 398 g/mol. The number of phenols is 1. The number of amides is 1. The molecule has 0 fully saturated rings. The summed E-state index contributed by atoms with van der Waals surface area (Å²) in [7, 11) is 0. The number of benzene rings is 3. The lowest BCUT2D eigenvalue weighted by atomic mass is 9.89. The SMILES string of the molecule is O=C(NC[C@@H](c1ccccc1)[C@H](O)c1ccccc1)c1ccc2cccnc2c1O. The van der Waals surface area contributed by atoms with Gasteiger partial charge in [-0.25, -0.2) is 0 Å². The molecule has 4 aromatic rings. The van der Waals surface area contributed by atoms with Crippen LogP contribution in [0.1, 0.15) is 33.5 Å². The highest BCUT2D eigenvalue weighted by Crippen LogP contribution is 2.31. The van der Waals surface area contributed by atoms with Gasteiger partial charge in [0.15, 0.2) is 5.75 Å². The molecule has 0 unspecified atom stereocenters. The zero-order valence-corrected chi connectivity index (χ0v) is 16.3. The summed E-state index contributed by atoms with van der Waals surface area (Å²) in [5, 5.41) is 25.1. The van der Waals surface area contributed by atoms with Crippen LogP contribution in [0.25, 0.3) is 10.9 Å². The fraction of sp³-hybridized carbons (Fsp3) is 0.120. The van der Waals surface area contributed by atoms with Gasteiger partial charge in [0.1, 0.15) is 5.52 Å². The number of phenolic OH excluding ortho intramolecular Hbond substituents is 1. The minimum absolute atomic E-state index is 0.148. The van der Waals surface area contributed by atoms with Crippen LogP contribution in [0, 0.1) is 0 Å². The number of aromatic nitrogens is 1. The molecule has 0 radical (unpaired) electrons. The predicted molar refractivity (Wildman–Crippen MR) is 116 cm³/mol. The van der Waals surface area contributed by atoms with Crippen LogP contribution in [-0.4, -0.2) is 27.6 Å². The first kappa shape index (κ1) is 19.6. The molecule has 150 valence electrons. The minimum atomic E-state index is -0.791. The van der Waals surface area contributed by atoms with E-state index in [0.717, 1.165) is 16.5 Å². The van der Waals surface area contributed by atoms with Crippen molar-refractivity contribution in [3.63, 3.8) is 0 Å². The summed E-state index contributed by atoms with van der Waals surface area (Å²) in [6.07, 6.45) is 0.784. The van der Waals surface area contributed by atoms with Crippen molar-refractivity contribution in [1.82, 2.24) is 10.3 Å². The summed E-state index contributed by atoms with van der Waals surface area (Å²) >= 11 is 0. The molecule has 4 rings (SSSR count). The van der Waals surface area contributed by atoms with Crippen molar-refractivity contribution < 1.29 is 15.0 Å². The Morgan fingerprint density at radius 1 is 0.867 bits per heavy atom.